The molecule has 0 bridgehead atoms. The van der Waals surface area contributed by atoms with Gasteiger partial charge in [-0.25, -0.2) is 4.99 Å². The number of H-pyrrole nitrogens is 1. The lowest BCUT2D eigenvalue weighted by atomic mass is 9.88. The molecule has 150 valence electrons. The minimum Gasteiger partial charge on any atom is -0.361 e. The van der Waals surface area contributed by atoms with Crippen LogP contribution in [0.3, 0.4) is 0 Å². The van der Waals surface area contributed by atoms with Gasteiger partial charge in [0.2, 0.25) is 5.69 Å². The molecule has 2 N–H and O–H groups in total. The summed E-state index contributed by atoms with van der Waals surface area (Å²) in [6.45, 7) is 0. The van der Waals surface area contributed by atoms with Gasteiger partial charge < -0.3 is 4.98 Å². The van der Waals surface area contributed by atoms with E-state index in [9.17, 15) is 0 Å². The Balaban J connectivity index is 1.50. The fourth-order valence-electron chi connectivity index (χ4n) is 5.31. The molecule has 0 spiro atoms. The van der Waals surface area contributed by atoms with Gasteiger partial charge in [-0.05, 0) is 46.4 Å². The second-order valence-corrected chi connectivity index (χ2v) is 8.58. The van der Waals surface area contributed by atoms with Crippen LogP contribution in [0.4, 0.5) is 5.69 Å². The number of hydrogen-bond acceptors (Lipinski definition) is 0. The lowest BCUT2D eigenvalue weighted by Crippen LogP contribution is -2.58. The first-order valence-corrected chi connectivity index (χ1v) is 11.1. The first kappa shape index (κ1) is 17.5. The lowest BCUT2D eigenvalue weighted by molar-refractivity contribution is -0.342. The van der Waals surface area contributed by atoms with Crippen LogP contribution in [0.25, 0.3) is 33.2 Å². The molecule has 32 heavy (non-hydrogen) atoms. The van der Waals surface area contributed by atoms with Gasteiger partial charge >= 0.3 is 0 Å². The minimum atomic E-state index is 0.994. The van der Waals surface area contributed by atoms with Crippen molar-refractivity contribution in [2.75, 3.05) is 0 Å². The van der Waals surface area contributed by atoms with E-state index >= 15 is 0 Å². The van der Waals surface area contributed by atoms with Crippen molar-refractivity contribution in [2.24, 2.45) is 0 Å². The lowest BCUT2D eigenvalue weighted by Gasteiger charge is -2.12. The van der Waals surface area contributed by atoms with Crippen molar-refractivity contribution < 1.29 is 4.99 Å². The average molecular weight is 410 g/mol. The van der Waals surface area contributed by atoms with E-state index < -0.39 is 0 Å². The molecule has 7 rings (SSSR count). The Bertz CT molecular complexity index is 1600. The molecule has 2 heteroatoms. The summed E-state index contributed by atoms with van der Waals surface area (Å²) in [5.41, 5.74) is 14.1. The molecule has 0 atom stereocenters. The predicted molar refractivity (Wildman–Crippen MR) is 132 cm³/mol. The summed E-state index contributed by atoms with van der Waals surface area (Å²) in [5.74, 6) is 0. The molecule has 0 amide bonds. The van der Waals surface area contributed by atoms with Crippen LogP contribution in [0.1, 0.15) is 27.8 Å². The van der Waals surface area contributed by atoms with Crippen molar-refractivity contribution in [2.45, 2.75) is 6.42 Å². The molecule has 1 aromatic heterocycles. The van der Waals surface area contributed by atoms with Crippen LogP contribution in [0.5, 0.6) is 0 Å². The fraction of sp³-hybridized carbons (Fsp3) is 0.0333. The van der Waals surface area contributed by atoms with Gasteiger partial charge in [0, 0.05) is 34.3 Å². The third-order valence-corrected chi connectivity index (χ3v) is 6.80. The van der Waals surface area contributed by atoms with Gasteiger partial charge in [0.15, 0.2) is 6.21 Å². The highest BCUT2D eigenvalue weighted by Crippen LogP contribution is 2.42. The van der Waals surface area contributed by atoms with Crippen LogP contribution in [-0.4, -0.2) is 11.2 Å². The second kappa shape index (κ2) is 6.66. The summed E-state index contributed by atoms with van der Waals surface area (Å²) in [7, 11) is 0. The monoisotopic (exact) mass is 409 g/mol. The fourth-order valence-corrected chi connectivity index (χ4v) is 5.31. The molecule has 2 heterocycles. The van der Waals surface area contributed by atoms with E-state index in [-0.39, 0.29) is 0 Å². The van der Waals surface area contributed by atoms with Crippen molar-refractivity contribution in [1.29, 1.82) is 0 Å². The van der Waals surface area contributed by atoms with Crippen LogP contribution >= 0.6 is 0 Å². The number of fused-ring (bicyclic) bond motifs is 5. The molecule has 4 aromatic carbocycles. The number of allylic oxidation sites excluding steroid dienone is 1. The van der Waals surface area contributed by atoms with Gasteiger partial charge in [-0.15, -0.1) is 0 Å². The first-order chi connectivity index (χ1) is 15.9. The van der Waals surface area contributed by atoms with E-state index in [1.54, 1.807) is 0 Å². The topological polar surface area (TPSA) is 29.8 Å². The zero-order valence-corrected chi connectivity index (χ0v) is 17.5. The van der Waals surface area contributed by atoms with Gasteiger partial charge in [0.1, 0.15) is 0 Å². The maximum atomic E-state index is 3.48. The molecular weight excluding hydrogens is 388 g/mol. The largest absolute Gasteiger partial charge is 0.361 e. The van der Waals surface area contributed by atoms with E-state index in [0.717, 1.165) is 17.6 Å². The molecule has 0 radical (unpaired) electrons. The Kier molecular flexibility index (Phi) is 3.65. The molecule has 2 aliphatic rings. The van der Waals surface area contributed by atoms with Crippen molar-refractivity contribution >= 4 is 34.0 Å². The zero-order valence-electron chi connectivity index (χ0n) is 17.5. The smallest absolute Gasteiger partial charge is 0.211 e. The Morgan fingerprint density at radius 1 is 0.719 bits per heavy atom. The molecular formula is C30H21N2+. The Morgan fingerprint density at radius 2 is 1.50 bits per heavy atom. The normalized spacial score (nSPS) is 15.0. The highest BCUT2D eigenvalue weighted by molar-refractivity contribution is 6.24. The maximum absolute atomic E-state index is 3.48. The number of nitrogens with one attached hydrogen (secondary N) is 2. The van der Waals surface area contributed by atoms with Crippen molar-refractivity contribution in [3.05, 3.63) is 125 Å². The van der Waals surface area contributed by atoms with Crippen LogP contribution < -0.4 is 4.99 Å². The molecule has 2 nitrogen and oxygen atoms in total. The van der Waals surface area contributed by atoms with E-state index in [1.807, 2.05) is 0 Å². The molecule has 1 aliphatic heterocycles. The van der Waals surface area contributed by atoms with E-state index in [0.29, 0.717) is 0 Å². The molecule has 0 saturated carbocycles. The van der Waals surface area contributed by atoms with Crippen molar-refractivity contribution in [1.82, 2.24) is 4.98 Å². The highest BCUT2D eigenvalue weighted by atomic mass is 14.8. The van der Waals surface area contributed by atoms with Crippen LogP contribution in [0.15, 0.2) is 97.2 Å². The summed E-state index contributed by atoms with van der Waals surface area (Å²) in [5, 5.41) is 1.25. The van der Waals surface area contributed by atoms with Crippen LogP contribution in [-0.2, 0) is 6.42 Å². The Labute approximate surface area is 186 Å². The summed E-state index contributed by atoms with van der Waals surface area (Å²) in [4.78, 5) is 6.97. The molecule has 0 fully saturated rings. The number of hydrogen-bond donors (Lipinski definition) is 2. The van der Waals surface area contributed by atoms with Crippen molar-refractivity contribution in [3.63, 3.8) is 0 Å². The summed E-state index contributed by atoms with van der Waals surface area (Å²) in [6.07, 6.45) is 5.31. The maximum Gasteiger partial charge on any atom is 0.211 e. The SMILES string of the molecule is C1=[NH+]c2ccccc2C1=C(c1ccc2c(c1)Cc1ccccc1-2)c1c[nH]c2ccccc12. The summed E-state index contributed by atoms with van der Waals surface area (Å²) >= 11 is 0. The molecule has 0 unspecified atom stereocenters. The van der Waals surface area contributed by atoms with Crippen LogP contribution in [0, 0.1) is 0 Å². The number of para-hydroxylation sites is 2. The number of rotatable bonds is 2. The number of aromatic amines is 1. The Morgan fingerprint density at radius 3 is 2.47 bits per heavy atom. The van der Waals surface area contributed by atoms with Gasteiger partial charge in [0.25, 0.3) is 0 Å². The first-order valence-electron chi connectivity index (χ1n) is 11.1. The third kappa shape index (κ3) is 2.50. The third-order valence-electron chi connectivity index (χ3n) is 6.80. The highest BCUT2D eigenvalue weighted by Gasteiger charge is 2.26. The second-order valence-electron chi connectivity index (χ2n) is 8.58. The predicted octanol–water partition coefficient (Wildman–Crippen LogP) is 5.49. The Hall–Kier alpha value is -4.17. The number of benzene rings is 4. The van der Waals surface area contributed by atoms with Gasteiger partial charge in [-0.3, -0.25) is 0 Å². The van der Waals surface area contributed by atoms with E-state index in [1.165, 1.54) is 55.5 Å². The van der Waals surface area contributed by atoms with Crippen LogP contribution in [0.2, 0.25) is 0 Å². The molecule has 1 aliphatic carbocycles. The standard InChI is InChI=1S/C30H20N2/c1-2-8-22-19(7-1)15-21-16-20(13-14-23(21)22)30(26-17-31-28-11-5-3-9-24(26)28)27-18-32-29-12-6-4-10-25(27)29/h1-14,16-18,31H,15H2/p+1. The number of aromatic nitrogens is 1. The molecule has 0 saturated heterocycles. The van der Waals surface area contributed by atoms with Gasteiger partial charge in [-0.2, -0.15) is 0 Å². The summed E-state index contributed by atoms with van der Waals surface area (Å²) in [6, 6.07) is 32.9. The average Bonchev–Trinajstić information content (AvgIpc) is 3.55. The summed E-state index contributed by atoms with van der Waals surface area (Å²) < 4.78 is 0. The quantitative estimate of drug-likeness (QED) is 0.379. The van der Waals surface area contributed by atoms with Gasteiger partial charge in [-0.1, -0.05) is 72.8 Å². The van der Waals surface area contributed by atoms with E-state index in [4.69, 9.17) is 0 Å². The zero-order chi connectivity index (χ0) is 21.1. The minimum absolute atomic E-state index is 0.994. The van der Waals surface area contributed by atoms with E-state index in [2.05, 4.69) is 113 Å². The molecule has 5 aromatic rings. The van der Waals surface area contributed by atoms with Gasteiger partial charge in [0.05, 0.1) is 11.1 Å². The van der Waals surface area contributed by atoms with Crippen molar-refractivity contribution in [3.8, 4) is 11.1 Å².